The lowest BCUT2D eigenvalue weighted by molar-refractivity contribution is -0.384. The highest BCUT2D eigenvalue weighted by atomic mass is 32.1. The third-order valence-electron chi connectivity index (χ3n) is 2.59. The van der Waals surface area contributed by atoms with Crippen LogP contribution in [0.5, 0.6) is 0 Å². The summed E-state index contributed by atoms with van der Waals surface area (Å²) in [7, 11) is 0. The largest absolute Gasteiger partial charge is 0.369 e. The second-order valence-corrected chi connectivity index (χ2v) is 4.37. The maximum Gasteiger partial charge on any atom is 0.269 e. The Morgan fingerprint density at radius 3 is 2.37 bits per heavy atom. The zero-order valence-electron chi connectivity index (χ0n) is 9.81. The van der Waals surface area contributed by atoms with Crippen LogP contribution in [0, 0.1) is 21.4 Å². The van der Waals surface area contributed by atoms with Gasteiger partial charge in [-0.25, -0.2) is 0 Å². The Morgan fingerprint density at radius 1 is 1.47 bits per heavy atom. The van der Waals surface area contributed by atoms with Crippen molar-refractivity contribution in [3.8, 4) is 6.07 Å². The third-order valence-corrected chi connectivity index (χ3v) is 3.14. The van der Waals surface area contributed by atoms with Gasteiger partial charge in [0, 0.05) is 23.6 Å². The standard InChI is InChI=1S/C12H11N3O3S/c1-7(6-13)10(11(19)12(14)16)8-2-4-9(5-3-8)15(17)18/h2-5,10-11,19H,1H2,(H2,14,16)/t10-,11-/m1/s1. The number of thiol groups is 1. The summed E-state index contributed by atoms with van der Waals surface area (Å²) in [4.78, 5) is 21.2. The number of allylic oxidation sites excluding steroid dienone is 1. The second-order valence-electron chi connectivity index (χ2n) is 3.81. The van der Waals surface area contributed by atoms with Crippen LogP contribution in [0.15, 0.2) is 36.4 Å². The minimum absolute atomic E-state index is 0.0835. The molecule has 7 heteroatoms. The van der Waals surface area contributed by atoms with E-state index >= 15 is 0 Å². The molecule has 0 saturated heterocycles. The maximum absolute atomic E-state index is 11.2. The van der Waals surface area contributed by atoms with E-state index in [1.807, 2.05) is 6.07 Å². The summed E-state index contributed by atoms with van der Waals surface area (Å²) in [6.45, 7) is 3.56. The molecule has 1 aromatic rings. The van der Waals surface area contributed by atoms with E-state index in [9.17, 15) is 14.9 Å². The fourth-order valence-electron chi connectivity index (χ4n) is 1.61. The van der Waals surface area contributed by atoms with Crippen molar-refractivity contribution in [1.82, 2.24) is 0 Å². The van der Waals surface area contributed by atoms with E-state index in [1.165, 1.54) is 24.3 Å². The van der Waals surface area contributed by atoms with E-state index in [1.54, 1.807) is 0 Å². The highest BCUT2D eigenvalue weighted by Gasteiger charge is 2.27. The minimum atomic E-state index is -0.923. The molecule has 0 aliphatic carbocycles. The normalized spacial score (nSPS) is 13.1. The number of benzene rings is 1. The van der Waals surface area contributed by atoms with Crippen molar-refractivity contribution in [2.24, 2.45) is 5.73 Å². The molecule has 2 N–H and O–H groups in total. The predicted molar refractivity (Wildman–Crippen MR) is 72.6 cm³/mol. The number of hydrogen-bond donors (Lipinski definition) is 2. The first-order valence-corrected chi connectivity index (χ1v) is 5.70. The highest BCUT2D eigenvalue weighted by Crippen LogP contribution is 2.30. The lowest BCUT2D eigenvalue weighted by atomic mass is 9.89. The van der Waals surface area contributed by atoms with Gasteiger partial charge in [-0.1, -0.05) is 18.7 Å². The Labute approximate surface area is 115 Å². The van der Waals surface area contributed by atoms with Crippen molar-refractivity contribution in [2.75, 3.05) is 0 Å². The molecule has 0 heterocycles. The Bertz CT molecular complexity index is 563. The van der Waals surface area contributed by atoms with Gasteiger partial charge < -0.3 is 5.73 Å². The summed E-state index contributed by atoms with van der Waals surface area (Å²) in [5.74, 6) is -1.39. The molecule has 98 valence electrons. The Morgan fingerprint density at radius 2 is 2.00 bits per heavy atom. The van der Waals surface area contributed by atoms with Crippen LogP contribution < -0.4 is 5.73 Å². The van der Waals surface area contributed by atoms with Crippen molar-refractivity contribution in [1.29, 1.82) is 5.26 Å². The Hall–Kier alpha value is -2.33. The van der Waals surface area contributed by atoms with Gasteiger partial charge in [0.25, 0.3) is 5.69 Å². The fraction of sp³-hybridized carbons (Fsp3) is 0.167. The van der Waals surface area contributed by atoms with Gasteiger partial charge in [-0.3, -0.25) is 14.9 Å². The van der Waals surface area contributed by atoms with Gasteiger partial charge in [0.05, 0.1) is 16.2 Å². The van der Waals surface area contributed by atoms with Gasteiger partial charge in [0.2, 0.25) is 5.91 Å². The molecule has 0 aliphatic rings. The molecule has 0 saturated carbocycles. The number of primary amides is 1. The molecule has 0 radical (unpaired) electrons. The van der Waals surface area contributed by atoms with Gasteiger partial charge in [-0.15, -0.1) is 0 Å². The highest BCUT2D eigenvalue weighted by molar-refractivity contribution is 7.81. The van der Waals surface area contributed by atoms with Gasteiger partial charge in [0.15, 0.2) is 0 Å². The second kappa shape index (κ2) is 6.02. The summed E-state index contributed by atoms with van der Waals surface area (Å²) >= 11 is 4.07. The summed E-state index contributed by atoms with van der Waals surface area (Å²) in [6.07, 6.45) is 0. The van der Waals surface area contributed by atoms with E-state index in [0.717, 1.165) is 0 Å². The van der Waals surface area contributed by atoms with Crippen LogP contribution in [0.3, 0.4) is 0 Å². The van der Waals surface area contributed by atoms with Crippen molar-refractivity contribution in [3.05, 3.63) is 52.1 Å². The lowest BCUT2D eigenvalue weighted by Gasteiger charge is -2.20. The van der Waals surface area contributed by atoms with E-state index in [-0.39, 0.29) is 11.3 Å². The molecule has 1 amide bonds. The number of nitro groups is 1. The average molecular weight is 277 g/mol. The van der Waals surface area contributed by atoms with Gasteiger partial charge in [-0.2, -0.15) is 17.9 Å². The first kappa shape index (κ1) is 14.7. The van der Waals surface area contributed by atoms with E-state index < -0.39 is 22.0 Å². The minimum Gasteiger partial charge on any atom is -0.369 e. The maximum atomic E-state index is 11.2. The van der Waals surface area contributed by atoms with Crippen LogP contribution >= 0.6 is 12.6 Å². The number of non-ortho nitro benzene ring substituents is 1. The number of nitriles is 1. The average Bonchev–Trinajstić information content (AvgIpc) is 2.39. The van der Waals surface area contributed by atoms with Gasteiger partial charge in [-0.05, 0) is 5.56 Å². The molecular formula is C12H11N3O3S. The van der Waals surface area contributed by atoms with E-state index in [0.29, 0.717) is 5.56 Å². The van der Waals surface area contributed by atoms with Crippen molar-refractivity contribution in [3.63, 3.8) is 0 Å². The van der Waals surface area contributed by atoms with Crippen LogP contribution in [-0.2, 0) is 4.79 Å². The first-order chi connectivity index (χ1) is 8.88. The topological polar surface area (TPSA) is 110 Å². The first-order valence-electron chi connectivity index (χ1n) is 5.19. The Balaban J connectivity index is 3.19. The molecule has 0 aromatic heterocycles. The fourth-order valence-corrected chi connectivity index (χ4v) is 1.96. The smallest absolute Gasteiger partial charge is 0.269 e. The van der Waals surface area contributed by atoms with E-state index in [2.05, 4.69) is 19.2 Å². The summed E-state index contributed by atoms with van der Waals surface area (Å²) < 4.78 is 0. The number of rotatable bonds is 5. The SMILES string of the molecule is C=C(C#N)[C@H](c1ccc([N+](=O)[O-])cc1)[C@@H](S)C(N)=O. The van der Waals surface area contributed by atoms with Crippen molar-refractivity contribution < 1.29 is 9.72 Å². The van der Waals surface area contributed by atoms with Crippen molar-refractivity contribution in [2.45, 2.75) is 11.2 Å². The molecule has 0 unspecified atom stereocenters. The number of carbonyl (C=O) groups excluding carboxylic acids is 1. The van der Waals surface area contributed by atoms with Gasteiger partial charge >= 0.3 is 0 Å². The molecule has 1 aromatic carbocycles. The molecule has 2 atom stereocenters. The van der Waals surface area contributed by atoms with Crippen molar-refractivity contribution >= 4 is 24.2 Å². The molecule has 19 heavy (non-hydrogen) atoms. The molecule has 0 fully saturated rings. The molecule has 6 nitrogen and oxygen atoms in total. The summed E-state index contributed by atoms with van der Waals surface area (Å²) in [5, 5.41) is 18.5. The molecule has 0 aliphatic heterocycles. The molecule has 0 spiro atoms. The van der Waals surface area contributed by atoms with E-state index in [4.69, 9.17) is 11.0 Å². The predicted octanol–water partition coefficient (Wildman–Crippen LogP) is 1.54. The van der Waals surface area contributed by atoms with Crippen LogP contribution in [0.1, 0.15) is 11.5 Å². The summed E-state index contributed by atoms with van der Waals surface area (Å²) in [5.41, 5.74) is 5.73. The molecule has 0 bridgehead atoms. The summed E-state index contributed by atoms with van der Waals surface area (Å²) in [6, 6.07) is 7.34. The number of carbonyl (C=O) groups is 1. The third kappa shape index (κ3) is 3.33. The zero-order chi connectivity index (χ0) is 14.6. The number of nitro benzene ring substituents is 1. The lowest BCUT2D eigenvalue weighted by Crippen LogP contribution is -2.30. The van der Waals surface area contributed by atoms with Gasteiger partial charge in [0.1, 0.15) is 0 Å². The quantitative estimate of drug-likeness (QED) is 0.368. The molecule has 1 rings (SSSR count). The number of nitrogens with zero attached hydrogens (tertiary/aromatic N) is 2. The van der Waals surface area contributed by atoms with Crippen LogP contribution in [0.25, 0.3) is 0 Å². The number of nitrogens with two attached hydrogens (primary N) is 1. The number of hydrogen-bond acceptors (Lipinski definition) is 5. The van der Waals surface area contributed by atoms with Crippen LogP contribution in [-0.4, -0.2) is 16.1 Å². The van der Waals surface area contributed by atoms with Crippen LogP contribution in [0.4, 0.5) is 5.69 Å². The zero-order valence-corrected chi connectivity index (χ0v) is 10.7. The Kier molecular flexibility index (Phi) is 4.67. The number of amides is 1. The monoisotopic (exact) mass is 277 g/mol. The van der Waals surface area contributed by atoms with Crippen LogP contribution in [0.2, 0.25) is 0 Å². The molecular weight excluding hydrogens is 266 g/mol.